The van der Waals surface area contributed by atoms with Crippen molar-refractivity contribution in [3.8, 4) is 0 Å². The summed E-state index contributed by atoms with van der Waals surface area (Å²) >= 11 is 1.92. The zero-order valence-corrected chi connectivity index (χ0v) is 8.99. The molecule has 1 nitrogen and oxygen atoms in total. The second-order valence-electron chi connectivity index (χ2n) is 4.23. The minimum absolute atomic E-state index is 0.242. The van der Waals surface area contributed by atoms with E-state index in [1.807, 2.05) is 11.3 Å². The summed E-state index contributed by atoms with van der Waals surface area (Å²) < 4.78 is 0. The van der Waals surface area contributed by atoms with E-state index in [2.05, 4.69) is 19.1 Å². The van der Waals surface area contributed by atoms with E-state index in [1.165, 1.54) is 41.9 Å². The summed E-state index contributed by atoms with van der Waals surface area (Å²) in [7, 11) is 0. The van der Waals surface area contributed by atoms with E-state index in [0.717, 1.165) is 0 Å². The Hall–Kier alpha value is -0.340. The number of aryl methyl sites for hydroxylation is 2. The molecule has 1 saturated carbocycles. The molecule has 1 fully saturated rings. The summed E-state index contributed by atoms with van der Waals surface area (Å²) in [6, 6.07) is 4.45. The van der Waals surface area contributed by atoms with Crippen molar-refractivity contribution < 1.29 is 0 Å². The van der Waals surface area contributed by atoms with Gasteiger partial charge in [-0.15, -0.1) is 11.3 Å². The lowest BCUT2D eigenvalue weighted by atomic mass is 10.1. The van der Waals surface area contributed by atoms with Gasteiger partial charge in [0.25, 0.3) is 0 Å². The Morgan fingerprint density at radius 2 is 2.23 bits per heavy atom. The lowest BCUT2D eigenvalue weighted by molar-refractivity contribution is 0.578. The fourth-order valence-corrected chi connectivity index (χ4v) is 2.58. The molecular formula is C11H17NS. The summed E-state index contributed by atoms with van der Waals surface area (Å²) in [6.07, 6.45) is 6.19. The van der Waals surface area contributed by atoms with Gasteiger partial charge in [0.2, 0.25) is 0 Å². The molecule has 13 heavy (non-hydrogen) atoms. The molecule has 2 heteroatoms. The van der Waals surface area contributed by atoms with Gasteiger partial charge in [0.15, 0.2) is 0 Å². The predicted octanol–water partition coefficient (Wildman–Crippen LogP) is 2.87. The molecule has 2 N–H and O–H groups in total. The zero-order valence-electron chi connectivity index (χ0n) is 8.18. The van der Waals surface area contributed by atoms with Crippen LogP contribution in [-0.2, 0) is 6.42 Å². The van der Waals surface area contributed by atoms with Crippen LogP contribution in [0.1, 0.15) is 35.4 Å². The van der Waals surface area contributed by atoms with E-state index in [1.54, 1.807) is 0 Å². The van der Waals surface area contributed by atoms with Crippen LogP contribution in [0.5, 0.6) is 0 Å². The molecule has 0 atom stereocenters. The molecule has 1 aliphatic carbocycles. The lowest BCUT2D eigenvalue weighted by Crippen LogP contribution is -2.21. The fraction of sp³-hybridized carbons (Fsp3) is 0.636. The van der Waals surface area contributed by atoms with Gasteiger partial charge in [-0.2, -0.15) is 0 Å². The van der Waals surface area contributed by atoms with Crippen molar-refractivity contribution in [2.24, 2.45) is 5.73 Å². The molecule has 1 aromatic heterocycles. The Bertz CT molecular complexity index is 286. The van der Waals surface area contributed by atoms with Gasteiger partial charge in [0, 0.05) is 15.3 Å². The van der Waals surface area contributed by atoms with Crippen molar-refractivity contribution in [1.29, 1.82) is 0 Å². The van der Waals surface area contributed by atoms with Gasteiger partial charge in [0.1, 0.15) is 0 Å². The van der Waals surface area contributed by atoms with Gasteiger partial charge in [-0.05, 0) is 51.2 Å². The Morgan fingerprint density at radius 1 is 1.46 bits per heavy atom. The SMILES string of the molecule is Cc1ccc(CCCC2(N)CC2)s1. The quantitative estimate of drug-likeness (QED) is 0.785. The summed E-state index contributed by atoms with van der Waals surface area (Å²) in [5.74, 6) is 0. The van der Waals surface area contributed by atoms with Crippen LogP contribution in [0, 0.1) is 6.92 Å². The van der Waals surface area contributed by atoms with Crippen molar-refractivity contribution in [1.82, 2.24) is 0 Å². The number of nitrogens with two attached hydrogens (primary N) is 1. The minimum Gasteiger partial charge on any atom is -0.325 e. The van der Waals surface area contributed by atoms with Crippen molar-refractivity contribution in [3.05, 3.63) is 21.9 Å². The molecule has 1 aliphatic rings. The summed E-state index contributed by atoms with van der Waals surface area (Å²) in [5, 5.41) is 0. The number of hydrogen-bond donors (Lipinski definition) is 1. The zero-order chi connectivity index (χ0) is 9.31. The third-order valence-corrected chi connectivity index (χ3v) is 3.85. The van der Waals surface area contributed by atoms with Crippen LogP contribution in [0.15, 0.2) is 12.1 Å². The first-order valence-corrected chi connectivity index (χ1v) is 5.84. The normalized spacial score (nSPS) is 18.9. The van der Waals surface area contributed by atoms with E-state index < -0.39 is 0 Å². The standard InChI is InChI=1S/C11H17NS/c1-9-4-5-10(13-9)3-2-6-11(12)7-8-11/h4-5H,2-3,6-8,12H2,1H3. The molecule has 0 bridgehead atoms. The van der Waals surface area contributed by atoms with E-state index in [4.69, 9.17) is 5.73 Å². The minimum atomic E-state index is 0.242. The molecule has 1 aromatic rings. The van der Waals surface area contributed by atoms with E-state index in [-0.39, 0.29) is 5.54 Å². The van der Waals surface area contributed by atoms with Crippen LogP contribution in [0.2, 0.25) is 0 Å². The Kier molecular flexibility index (Phi) is 2.43. The highest BCUT2D eigenvalue weighted by Gasteiger charge is 2.36. The Morgan fingerprint density at radius 3 is 2.77 bits per heavy atom. The Balaban J connectivity index is 1.73. The third-order valence-electron chi connectivity index (χ3n) is 2.79. The molecule has 0 radical (unpaired) electrons. The maximum absolute atomic E-state index is 6.02. The van der Waals surface area contributed by atoms with Crippen LogP contribution in [0.25, 0.3) is 0 Å². The molecule has 72 valence electrons. The molecule has 0 aliphatic heterocycles. The first kappa shape index (κ1) is 9.22. The highest BCUT2D eigenvalue weighted by molar-refractivity contribution is 7.11. The van der Waals surface area contributed by atoms with Gasteiger partial charge in [-0.1, -0.05) is 0 Å². The smallest absolute Gasteiger partial charge is 0.0155 e. The number of hydrogen-bond acceptors (Lipinski definition) is 2. The van der Waals surface area contributed by atoms with E-state index in [0.29, 0.717) is 0 Å². The lowest BCUT2D eigenvalue weighted by Gasteiger charge is -2.06. The van der Waals surface area contributed by atoms with Crippen LogP contribution in [-0.4, -0.2) is 5.54 Å². The highest BCUT2D eigenvalue weighted by atomic mass is 32.1. The van der Waals surface area contributed by atoms with Gasteiger partial charge in [-0.25, -0.2) is 0 Å². The van der Waals surface area contributed by atoms with Crippen molar-refractivity contribution >= 4 is 11.3 Å². The second-order valence-corrected chi connectivity index (χ2v) is 5.60. The van der Waals surface area contributed by atoms with E-state index in [9.17, 15) is 0 Å². The molecule has 0 aromatic carbocycles. The van der Waals surface area contributed by atoms with Crippen molar-refractivity contribution in [3.63, 3.8) is 0 Å². The average molecular weight is 195 g/mol. The monoisotopic (exact) mass is 195 g/mol. The van der Waals surface area contributed by atoms with Gasteiger partial charge in [-0.3, -0.25) is 0 Å². The molecule has 0 unspecified atom stereocenters. The van der Waals surface area contributed by atoms with Crippen molar-refractivity contribution in [2.45, 2.75) is 44.6 Å². The summed E-state index contributed by atoms with van der Waals surface area (Å²) in [5.41, 5.74) is 6.26. The van der Waals surface area contributed by atoms with Crippen LogP contribution >= 0.6 is 11.3 Å². The number of rotatable bonds is 4. The Labute approximate surface area is 84.0 Å². The molecule has 2 rings (SSSR count). The topological polar surface area (TPSA) is 26.0 Å². The first-order chi connectivity index (χ1) is 6.18. The summed E-state index contributed by atoms with van der Waals surface area (Å²) in [6.45, 7) is 2.17. The number of thiophene rings is 1. The second kappa shape index (κ2) is 3.43. The maximum atomic E-state index is 6.02. The van der Waals surface area contributed by atoms with Crippen LogP contribution < -0.4 is 5.73 Å². The average Bonchev–Trinajstić information content (AvgIpc) is 2.65. The highest BCUT2D eigenvalue weighted by Crippen LogP contribution is 2.37. The molecule has 0 amide bonds. The fourth-order valence-electron chi connectivity index (χ4n) is 1.64. The first-order valence-electron chi connectivity index (χ1n) is 5.02. The molecule has 0 saturated heterocycles. The van der Waals surface area contributed by atoms with Gasteiger partial charge < -0.3 is 5.73 Å². The van der Waals surface area contributed by atoms with E-state index >= 15 is 0 Å². The third kappa shape index (κ3) is 2.55. The summed E-state index contributed by atoms with van der Waals surface area (Å²) in [4.78, 5) is 2.94. The van der Waals surface area contributed by atoms with Gasteiger partial charge in [0.05, 0.1) is 0 Å². The van der Waals surface area contributed by atoms with Crippen LogP contribution in [0.4, 0.5) is 0 Å². The van der Waals surface area contributed by atoms with Crippen molar-refractivity contribution in [2.75, 3.05) is 0 Å². The molecular weight excluding hydrogens is 178 g/mol. The molecule has 1 heterocycles. The largest absolute Gasteiger partial charge is 0.325 e. The van der Waals surface area contributed by atoms with Gasteiger partial charge >= 0.3 is 0 Å². The van der Waals surface area contributed by atoms with Crippen LogP contribution in [0.3, 0.4) is 0 Å². The molecule has 0 spiro atoms. The predicted molar refractivity (Wildman–Crippen MR) is 58.1 cm³/mol. The maximum Gasteiger partial charge on any atom is 0.0155 e.